The molecule has 0 saturated carbocycles. The molecule has 2 aromatic heterocycles. The lowest BCUT2D eigenvalue weighted by atomic mass is 10.2. The van der Waals surface area contributed by atoms with Gasteiger partial charge in [0, 0.05) is 37.6 Å². The fourth-order valence-corrected chi connectivity index (χ4v) is 2.58. The second kappa shape index (κ2) is 7.57. The summed E-state index contributed by atoms with van der Waals surface area (Å²) in [7, 11) is 0. The second-order valence-corrected chi connectivity index (χ2v) is 5.42. The number of hydrogen-bond donors (Lipinski definition) is 0. The van der Waals surface area contributed by atoms with E-state index in [1.165, 1.54) is 18.6 Å². The molecule has 0 aromatic carbocycles. The van der Waals surface area contributed by atoms with Crippen molar-refractivity contribution in [2.45, 2.75) is 19.4 Å². The van der Waals surface area contributed by atoms with Crippen molar-refractivity contribution in [3.63, 3.8) is 0 Å². The topological polar surface area (TPSA) is 101 Å². The van der Waals surface area contributed by atoms with Crippen LogP contribution in [0.5, 0.6) is 11.8 Å². The first-order valence-corrected chi connectivity index (χ1v) is 7.97. The Bertz CT molecular complexity index is 788. The Kier molecular flexibility index (Phi) is 5.04. The number of carbonyl (C=O) groups is 1. The van der Waals surface area contributed by atoms with Crippen LogP contribution in [-0.2, 0) is 0 Å². The van der Waals surface area contributed by atoms with Gasteiger partial charge in [0.05, 0.1) is 18.7 Å². The van der Waals surface area contributed by atoms with Crippen molar-refractivity contribution in [2.75, 3.05) is 19.7 Å². The lowest BCUT2D eigenvalue weighted by Crippen LogP contribution is -2.31. The van der Waals surface area contributed by atoms with E-state index in [9.17, 15) is 4.79 Å². The van der Waals surface area contributed by atoms with Crippen LogP contribution in [0.25, 0.3) is 0 Å². The molecule has 1 aliphatic heterocycles. The van der Waals surface area contributed by atoms with Crippen molar-refractivity contribution in [1.82, 2.24) is 19.9 Å². The summed E-state index contributed by atoms with van der Waals surface area (Å²) in [5.74, 6) is 0.585. The molecule has 0 spiro atoms. The fraction of sp³-hybridized carbons (Fsp3) is 0.353. The maximum Gasteiger partial charge on any atom is 0.255 e. The second-order valence-electron chi connectivity index (χ2n) is 5.42. The smallest absolute Gasteiger partial charge is 0.255 e. The first kappa shape index (κ1) is 16.6. The first-order valence-electron chi connectivity index (χ1n) is 7.97. The summed E-state index contributed by atoms with van der Waals surface area (Å²) >= 11 is 0. The van der Waals surface area contributed by atoms with Crippen LogP contribution < -0.4 is 9.47 Å². The third kappa shape index (κ3) is 3.83. The third-order valence-electron chi connectivity index (χ3n) is 3.76. The van der Waals surface area contributed by atoms with E-state index in [-0.39, 0.29) is 23.6 Å². The highest BCUT2D eigenvalue weighted by molar-refractivity contribution is 5.94. The molecule has 1 saturated heterocycles. The van der Waals surface area contributed by atoms with Crippen molar-refractivity contribution in [3.8, 4) is 17.8 Å². The van der Waals surface area contributed by atoms with Gasteiger partial charge in [0.25, 0.3) is 11.8 Å². The Balaban J connectivity index is 1.62. The number of aromatic nitrogens is 3. The number of nitrogens with zero attached hydrogens (tertiary/aromatic N) is 5. The number of carbonyl (C=O) groups excluding carboxylic acids is 1. The van der Waals surface area contributed by atoms with Crippen molar-refractivity contribution in [1.29, 1.82) is 5.26 Å². The zero-order valence-corrected chi connectivity index (χ0v) is 13.8. The summed E-state index contributed by atoms with van der Waals surface area (Å²) in [4.78, 5) is 26.3. The standard InChI is InChI=1S/C17H17N5O3/c1-2-24-15-4-3-12(10-21-15)17(23)22-8-5-13(11-22)25-16-14(9-18)19-6-7-20-16/h3-4,6-7,10,13H,2,5,8,11H2,1H3/t13-/m1/s1. The molecule has 2 aromatic rings. The molecule has 1 atom stereocenters. The minimum Gasteiger partial charge on any atom is -0.478 e. The van der Waals surface area contributed by atoms with Gasteiger partial charge in [-0.25, -0.2) is 15.0 Å². The number of amides is 1. The van der Waals surface area contributed by atoms with E-state index in [1.807, 2.05) is 13.0 Å². The molecule has 25 heavy (non-hydrogen) atoms. The van der Waals surface area contributed by atoms with Crippen LogP contribution in [0.2, 0.25) is 0 Å². The number of pyridine rings is 1. The van der Waals surface area contributed by atoms with E-state index in [0.717, 1.165) is 0 Å². The molecule has 0 bridgehead atoms. The summed E-state index contributed by atoms with van der Waals surface area (Å²) in [6, 6.07) is 5.33. The lowest BCUT2D eigenvalue weighted by Gasteiger charge is -2.17. The maximum atomic E-state index is 12.5. The Morgan fingerprint density at radius 3 is 2.92 bits per heavy atom. The molecule has 0 radical (unpaired) electrons. The molecule has 8 nitrogen and oxygen atoms in total. The molecule has 3 rings (SSSR count). The van der Waals surface area contributed by atoms with Gasteiger partial charge in [-0.05, 0) is 13.0 Å². The minimum atomic E-state index is -0.219. The number of rotatable bonds is 5. The Morgan fingerprint density at radius 2 is 2.20 bits per heavy atom. The summed E-state index contributed by atoms with van der Waals surface area (Å²) < 4.78 is 11.0. The first-order chi connectivity index (χ1) is 12.2. The summed E-state index contributed by atoms with van der Waals surface area (Å²) in [5.41, 5.74) is 0.643. The lowest BCUT2D eigenvalue weighted by molar-refractivity contribution is 0.0770. The Labute approximate surface area is 145 Å². The zero-order chi connectivity index (χ0) is 17.6. The van der Waals surface area contributed by atoms with Crippen molar-refractivity contribution in [2.24, 2.45) is 0 Å². The molecule has 128 valence electrons. The van der Waals surface area contributed by atoms with Gasteiger partial charge >= 0.3 is 0 Å². The van der Waals surface area contributed by atoms with Gasteiger partial charge in [-0.3, -0.25) is 4.79 Å². The highest BCUT2D eigenvalue weighted by Crippen LogP contribution is 2.20. The Morgan fingerprint density at radius 1 is 1.36 bits per heavy atom. The van der Waals surface area contributed by atoms with E-state index in [4.69, 9.17) is 14.7 Å². The molecule has 8 heteroatoms. The summed E-state index contributed by atoms with van der Waals surface area (Å²) in [6.07, 6.45) is 4.87. The number of ether oxygens (including phenoxy) is 2. The highest BCUT2D eigenvalue weighted by atomic mass is 16.5. The van der Waals surface area contributed by atoms with Crippen LogP contribution in [0.15, 0.2) is 30.7 Å². The van der Waals surface area contributed by atoms with Gasteiger partial charge in [-0.2, -0.15) is 5.26 Å². The Hall–Kier alpha value is -3.21. The predicted molar refractivity (Wildman–Crippen MR) is 87.1 cm³/mol. The van der Waals surface area contributed by atoms with Gasteiger partial charge in [0.1, 0.15) is 12.2 Å². The van der Waals surface area contributed by atoms with E-state index in [1.54, 1.807) is 17.0 Å². The normalized spacial score (nSPS) is 16.3. The molecular formula is C17H17N5O3. The molecular weight excluding hydrogens is 322 g/mol. The van der Waals surface area contributed by atoms with Gasteiger partial charge in [-0.1, -0.05) is 0 Å². The molecule has 3 heterocycles. The quantitative estimate of drug-likeness (QED) is 0.812. The van der Waals surface area contributed by atoms with Crippen molar-refractivity contribution < 1.29 is 14.3 Å². The zero-order valence-electron chi connectivity index (χ0n) is 13.8. The highest BCUT2D eigenvalue weighted by Gasteiger charge is 2.29. The van der Waals surface area contributed by atoms with Gasteiger partial charge in [-0.15, -0.1) is 0 Å². The molecule has 0 N–H and O–H groups in total. The van der Waals surface area contributed by atoms with Crippen LogP contribution in [0.1, 0.15) is 29.4 Å². The van der Waals surface area contributed by atoms with Gasteiger partial charge in [0.2, 0.25) is 11.6 Å². The van der Waals surface area contributed by atoms with E-state index in [0.29, 0.717) is 37.6 Å². The van der Waals surface area contributed by atoms with Crippen LogP contribution in [0, 0.1) is 11.3 Å². The average Bonchev–Trinajstić information content (AvgIpc) is 3.11. The summed E-state index contributed by atoms with van der Waals surface area (Å²) in [5, 5.41) is 9.03. The van der Waals surface area contributed by atoms with Crippen LogP contribution >= 0.6 is 0 Å². The molecule has 0 unspecified atom stereocenters. The van der Waals surface area contributed by atoms with Crippen molar-refractivity contribution >= 4 is 5.91 Å². The third-order valence-corrected chi connectivity index (χ3v) is 3.76. The number of likely N-dealkylation sites (tertiary alicyclic amines) is 1. The molecule has 1 amide bonds. The molecule has 0 aliphatic carbocycles. The number of nitriles is 1. The van der Waals surface area contributed by atoms with Gasteiger partial charge < -0.3 is 14.4 Å². The van der Waals surface area contributed by atoms with Gasteiger partial charge in [0.15, 0.2) is 0 Å². The summed E-state index contributed by atoms with van der Waals surface area (Å²) in [6.45, 7) is 3.39. The SMILES string of the molecule is CCOc1ccc(C(=O)N2CC[C@@H](Oc3nccnc3C#N)C2)cn1. The largest absolute Gasteiger partial charge is 0.478 e. The molecule has 1 fully saturated rings. The van der Waals surface area contributed by atoms with Crippen molar-refractivity contribution in [3.05, 3.63) is 42.0 Å². The maximum absolute atomic E-state index is 12.5. The van der Waals surface area contributed by atoms with E-state index < -0.39 is 0 Å². The van der Waals surface area contributed by atoms with E-state index in [2.05, 4.69) is 15.0 Å². The monoisotopic (exact) mass is 339 g/mol. The average molecular weight is 339 g/mol. The molecule has 1 aliphatic rings. The number of hydrogen-bond acceptors (Lipinski definition) is 7. The minimum absolute atomic E-state index is 0.110. The van der Waals surface area contributed by atoms with E-state index >= 15 is 0 Å². The van der Waals surface area contributed by atoms with Crippen LogP contribution in [0.3, 0.4) is 0 Å². The van der Waals surface area contributed by atoms with Crippen LogP contribution in [0.4, 0.5) is 0 Å². The van der Waals surface area contributed by atoms with Crippen LogP contribution in [-0.4, -0.2) is 51.6 Å². The predicted octanol–water partition coefficient (Wildman–Crippen LogP) is 1.44. The fourth-order valence-electron chi connectivity index (χ4n) is 2.58.